The summed E-state index contributed by atoms with van der Waals surface area (Å²) in [5.74, 6) is 0. The maximum atomic E-state index is 12.2. The third kappa shape index (κ3) is 6.86. The van der Waals surface area contributed by atoms with E-state index >= 15 is 0 Å². The summed E-state index contributed by atoms with van der Waals surface area (Å²) in [7, 11) is -2.32. The molecule has 1 unspecified atom stereocenters. The van der Waals surface area contributed by atoms with Gasteiger partial charge in [-0.2, -0.15) is 0 Å². The van der Waals surface area contributed by atoms with Crippen molar-refractivity contribution in [2.45, 2.75) is 58.3 Å². The van der Waals surface area contributed by atoms with Crippen LogP contribution in [0.15, 0.2) is 18.2 Å². The van der Waals surface area contributed by atoms with Crippen LogP contribution >= 0.6 is 31.0 Å². The maximum absolute atomic E-state index is 12.2. The Bertz CT molecular complexity index is 483. The lowest BCUT2D eigenvalue weighted by Crippen LogP contribution is -1.98. The lowest BCUT2D eigenvalue weighted by molar-refractivity contribution is 0.107. The monoisotopic (exact) mass is 362 g/mol. The molecule has 5 heteroatoms. The van der Waals surface area contributed by atoms with Gasteiger partial charge >= 0.3 is 0 Å². The number of carbonyl (C=O) groups is 1. The molecule has 0 bridgehead atoms. The van der Waals surface area contributed by atoms with Crippen molar-refractivity contribution in [1.29, 1.82) is 0 Å². The molecule has 0 radical (unpaired) electrons. The molecule has 0 aliphatic carbocycles. The molecule has 0 heterocycles. The second-order valence-corrected chi connectivity index (χ2v) is 8.19. The summed E-state index contributed by atoms with van der Waals surface area (Å²) in [6.45, 7) is 2.21. The van der Waals surface area contributed by atoms with E-state index in [9.17, 15) is 9.36 Å². The topological polar surface area (TPSA) is 34.1 Å². The third-order valence-corrected chi connectivity index (χ3v) is 5.89. The molecular formula is C17H25Cl2O2P. The molecule has 1 atom stereocenters. The van der Waals surface area contributed by atoms with Crippen molar-refractivity contribution in [1.82, 2.24) is 0 Å². The third-order valence-electron chi connectivity index (χ3n) is 3.70. The van der Waals surface area contributed by atoms with E-state index in [2.05, 4.69) is 6.92 Å². The maximum Gasteiger partial charge on any atom is 0.221 e. The molecule has 1 rings (SSSR count). The summed E-state index contributed by atoms with van der Waals surface area (Å²) in [4.78, 5) is 12.2. The van der Waals surface area contributed by atoms with Crippen LogP contribution < -0.4 is 0 Å². The molecule has 0 aromatic heterocycles. The van der Waals surface area contributed by atoms with Crippen LogP contribution in [0.1, 0.15) is 68.6 Å². The predicted molar refractivity (Wildman–Crippen MR) is 97.3 cm³/mol. The Morgan fingerprint density at radius 1 is 0.955 bits per heavy atom. The van der Waals surface area contributed by atoms with Gasteiger partial charge in [0.2, 0.25) is 5.52 Å². The van der Waals surface area contributed by atoms with E-state index in [0.29, 0.717) is 6.16 Å². The Hall–Kier alpha value is -0.300. The summed E-state index contributed by atoms with van der Waals surface area (Å²) < 4.78 is 12.1. The van der Waals surface area contributed by atoms with E-state index in [1.165, 1.54) is 32.1 Å². The Labute approximate surface area is 144 Å². The van der Waals surface area contributed by atoms with Crippen LogP contribution in [0.25, 0.3) is 0 Å². The standard InChI is InChI=1S/C17H25Cl2O2P/c1-2-3-4-5-6-7-8-9-13-22(21)17(20)16-14(18)11-10-12-15(16)19/h10-12,22H,2-9,13H2,1H3. The Morgan fingerprint density at radius 2 is 1.45 bits per heavy atom. The lowest BCUT2D eigenvalue weighted by atomic mass is 10.1. The van der Waals surface area contributed by atoms with Crippen LogP contribution in [0, 0.1) is 0 Å². The first-order chi connectivity index (χ1) is 10.6. The smallest absolute Gasteiger partial charge is 0.221 e. The molecule has 2 nitrogen and oxygen atoms in total. The SMILES string of the molecule is CCCCCCCCCC[PH](=O)C(=O)c1c(Cl)cccc1Cl. The number of benzene rings is 1. The van der Waals surface area contributed by atoms with E-state index in [4.69, 9.17) is 23.2 Å². The van der Waals surface area contributed by atoms with Crippen LogP contribution in [0.5, 0.6) is 0 Å². The summed E-state index contributed by atoms with van der Waals surface area (Å²) in [5, 5.41) is 0.568. The number of hydrogen-bond donors (Lipinski definition) is 0. The number of carbonyl (C=O) groups excluding carboxylic acids is 1. The normalized spacial score (nSPS) is 12.3. The predicted octanol–water partition coefficient (Wildman–Crippen LogP) is 6.83. The largest absolute Gasteiger partial charge is 0.318 e. The molecule has 0 fully saturated rings. The van der Waals surface area contributed by atoms with Gasteiger partial charge in [-0.3, -0.25) is 4.79 Å². The van der Waals surface area contributed by atoms with E-state index in [0.717, 1.165) is 19.3 Å². The highest BCUT2D eigenvalue weighted by atomic mass is 35.5. The minimum atomic E-state index is -2.32. The molecule has 0 saturated carbocycles. The van der Waals surface area contributed by atoms with Crippen LogP contribution in [0.2, 0.25) is 10.0 Å². The van der Waals surface area contributed by atoms with Gasteiger partial charge in [-0.05, 0) is 18.6 Å². The first-order valence-corrected chi connectivity index (χ1v) is 10.5. The van der Waals surface area contributed by atoms with E-state index in [-0.39, 0.29) is 21.1 Å². The number of halogens is 2. The lowest BCUT2D eigenvalue weighted by Gasteiger charge is -2.06. The highest BCUT2D eigenvalue weighted by Crippen LogP contribution is 2.35. The van der Waals surface area contributed by atoms with E-state index < -0.39 is 7.80 Å². The van der Waals surface area contributed by atoms with Gasteiger partial charge in [0, 0.05) is 6.16 Å². The fraction of sp³-hybridized carbons (Fsp3) is 0.588. The summed E-state index contributed by atoms with van der Waals surface area (Å²) in [6.07, 6.45) is 9.85. The Morgan fingerprint density at radius 3 is 2.00 bits per heavy atom. The minimum absolute atomic E-state index is 0.217. The van der Waals surface area contributed by atoms with Gasteiger partial charge in [-0.15, -0.1) is 0 Å². The Balaban J connectivity index is 2.29. The molecule has 0 N–H and O–H groups in total. The van der Waals surface area contributed by atoms with Crippen molar-refractivity contribution in [3.05, 3.63) is 33.8 Å². The fourth-order valence-electron chi connectivity index (χ4n) is 2.39. The average Bonchev–Trinajstić information content (AvgIpc) is 2.49. The molecule has 0 amide bonds. The van der Waals surface area contributed by atoms with E-state index in [1.54, 1.807) is 18.2 Å². The second kappa shape index (κ2) is 11.3. The van der Waals surface area contributed by atoms with Crippen molar-refractivity contribution in [2.75, 3.05) is 6.16 Å². The minimum Gasteiger partial charge on any atom is -0.318 e. The molecular weight excluding hydrogens is 338 g/mol. The van der Waals surface area contributed by atoms with Crippen molar-refractivity contribution in [3.8, 4) is 0 Å². The van der Waals surface area contributed by atoms with Crippen LogP contribution in [-0.2, 0) is 4.57 Å². The zero-order valence-electron chi connectivity index (χ0n) is 13.2. The van der Waals surface area contributed by atoms with Crippen molar-refractivity contribution >= 4 is 36.5 Å². The van der Waals surface area contributed by atoms with Gasteiger partial charge in [0.25, 0.3) is 0 Å². The van der Waals surface area contributed by atoms with Crippen LogP contribution in [-0.4, -0.2) is 11.7 Å². The van der Waals surface area contributed by atoms with Gasteiger partial charge in [0.05, 0.1) is 15.6 Å². The van der Waals surface area contributed by atoms with Crippen LogP contribution in [0.3, 0.4) is 0 Å². The molecule has 0 saturated heterocycles. The van der Waals surface area contributed by atoms with Crippen molar-refractivity contribution in [2.24, 2.45) is 0 Å². The molecule has 124 valence electrons. The number of hydrogen-bond acceptors (Lipinski definition) is 2. The van der Waals surface area contributed by atoms with Crippen molar-refractivity contribution < 1.29 is 9.36 Å². The molecule has 0 spiro atoms. The van der Waals surface area contributed by atoms with E-state index in [1.807, 2.05) is 0 Å². The zero-order valence-corrected chi connectivity index (χ0v) is 15.7. The quantitative estimate of drug-likeness (QED) is 0.319. The van der Waals surface area contributed by atoms with Gasteiger partial charge in [-0.1, -0.05) is 81.1 Å². The first-order valence-electron chi connectivity index (χ1n) is 8.09. The molecule has 0 aliphatic rings. The first kappa shape index (κ1) is 19.7. The van der Waals surface area contributed by atoms with Gasteiger partial charge in [-0.25, -0.2) is 0 Å². The molecule has 1 aromatic rings. The van der Waals surface area contributed by atoms with Crippen LogP contribution in [0.4, 0.5) is 0 Å². The van der Waals surface area contributed by atoms with Gasteiger partial charge in [0.1, 0.15) is 7.80 Å². The molecule has 1 aromatic carbocycles. The molecule has 22 heavy (non-hydrogen) atoms. The fourth-order valence-corrected chi connectivity index (χ4v) is 4.46. The average molecular weight is 363 g/mol. The highest BCUT2D eigenvalue weighted by molar-refractivity contribution is 7.64. The second-order valence-electron chi connectivity index (χ2n) is 5.57. The summed E-state index contributed by atoms with van der Waals surface area (Å²) >= 11 is 12.0. The number of unbranched alkanes of at least 4 members (excludes halogenated alkanes) is 7. The number of rotatable bonds is 11. The van der Waals surface area contributed by atoms with Crippen molar-refractivity contribution in [3.63, 3.8) is 0 Å². The van der Waals surface area contributed by atoms with Gasteiger partial charge in [0.15, 0.2) is 0 Å². The van der Waals surface area contributed by atoms with Gasteiger partial charge < -0.3 is 4.57 Å². The molecule has 0 aliphatic heterocycles. The highest BCUT2D eigenvalue weighted by Gasteiger charge is 2.19. The Kier molecular flexibility index (Phi) is 10.1. The summed E-state index contributed by atoms with van der Waals surface area (Å²) in [6, 6.07) is 4.88. The summed E-state index contributed by atoms with van der Waals surface area (Å²) in [5.41, 5.74) is -0.169. The zero-order chi connectivity index (χ0) is 16.4.